The maximum Gasteiger partial charge on any atom is 0.344 e. The fourth-order valence-electron chi connectivity index (χ4n) is 1.07. The first kappa shape index (κ1) is 14.3. The van der Waals surface area contributed by atoms with Crippen LogP contribution in [0.2, 0.25) is 0 Å². The summed E-state index contributed by atoms with van der Waals surface area (Å²) >= 11 is 0.914. The van der Waals surface area contributed by atoms with E-state index in [0.29, 0.717) is 0 Å². The summed E-state index contributed by atoms with van der Waals surface area (Å²) in [5, 5.41) is 14.7. The zero-order valence-corrected chi connectivity index (χ0v) is 10.1. The second-order valence-electron chi connectivity index (χ2n) is 3.16. The molecule has 0 aliphatic rings. The third-order valence-electron chi connectivity index (χ3n) is 1.75. The lowest BCUT2D eigenvalue weighted by atomic mass is 10.6. The van der Waals surface area contributed by atoms with Gasteiger partial charge in [-0.25, -0.2) is 9.89 Å². The summed E-state index contributed by atoms with van der Waals surface area (Å²) in [6, 6.07) is 0. The summed E-state index contributed by atoms with van der Waals surface area (Å²) in [6.45, 7) is 0.0256. The van der Waals surface area contributed by atoms with Gasteiger partial charge in [0.15, 0.2) is 5.16 Å². The molecule has 4 N–H and O–H groups in total. The fraction of sp³-hybridized carbons (Fsp3) is 0.500. The molecule has 0 unspecified atom stereocenters. The Labute approximate surface area is 105 Å². The summed E-state index contributed by atoms with van der Waals surface area (Å²) in [7, 11) is 0. The van der Waals surface area contributed by atoms with Gasteiger partial charge in [0.25, 0.3) is 0 Å². The summed E-state index contributed by atoms with van der Waals surface area (Å²) in [4.78, 5) is 32.2. The van der Waals surface area contributed by atoms with Crippen molar-refractivity contribution in [3.63, 3.8) is 0 Å². The second kappa shape index (κ2) is 6.81. The summed E-state index contributed by atoms with van der Waals surface area (Å²) in [5.41, 5.74) is 4.41. The average molecular weight is 276 g/mol. The molecule has 0 radical (unpaired) electrons. The van der Waals surface area contributed by atoms with Crippen molar-refractivity contribution in [1.82, 2.24) is 14.8 Å². The van der Waals surface area contributed by atoms with Gasteiger partial charge in [-0.15, -0.1) is 5.10 Å². The number of primary amides is 1. The fourth-order valence-corrected chi connectivity index (χ4v) is 1.76. The first-order valence-electron chi connectivity index (χ1n) is 4.86. The largest absolute Gasteiger partial charge is 0.481 e. The third-order valence-corrected chi connectivity index (χ3v) is 2.71. The van der Waals surface area contributed by atoms with E-state index in [9.17, 15) is 14.4 Å². The molecule has 0 aromatic carbocycles. The van der Waals surface area contributed by atoms with Crippen LogP contribution in [0.4, 0.5) is 0 Å². The quantitative estimate of drug-likeness (QED) is 0.377. The molecule has 0 spiro atoms. The molecule has 0 fully saturated rings. The van der Waals surface area contributed by atoms with Crippen LogP contribution in [0.25, 0.3) is 0 Å². The minimum absolute atomic E-state index is 0.100. The normalized spacial score (nSPS) is 10.4. The zero-order valence-electron chi connectivity index (χ0n) is 9.29. The molecular formula is C8H12N4O5S. The first-order valence-corrected chi connectivity index (χ1v) is 5.85. The number of carboxylic acids is 1. The number of nitrogens with two attached hydrogens (primary N) is 1. The van der Waals surface area contributed by atoms with E-state index >= 15 is 0 Å². The third kappa shape index (κ3) is 4.59. The van der Waals surface area contributed by atoms with Gasteiger partial charge in [0, 0.05) is 0 Å². The van der Waals surface area contributed by atoms with Crippen molar-refractivity contribution in [1.29, 1.82) is 0 Å². The van der Waals surface area contributed by atoms with Crippen LogP contribution in [0.1, 0.15) is 0 Å². The van der Waals surface area contributed by atoms with Crippen molar-refractivity contribution in [2.45, 2.75) is 11.7 Å². The van der Waals surface area contributed by atoms with Gasteiger partial charge < -0.3 is 15.6 Å². The molecule has 1 aromatic rings. The molecule has 18 heavy (non-hydrogen) atoms. The number of aromatic nitrogens is 3. The van der Waals surface area contributed by atoms with Gasteiger partial charge in [0.05, 0.1) is 18.9 Å². The maximum absolute atomic E-state index is 11.3. The number of aliphatic carboxylic acids is 1. The van der Waals surface area contributed by atoms with Gasteiger partial charge in [0.2, 0.25) is 5.91 Å². The van der Waals surface area contributed by atoms with Gasteiger partial charge in [-0.2, -0.15) is 0 Å². The second-order valence-corrected chi connectivity index (χ2v) is 4.11. The van der Waals surface area contributed by atoms with E-state index in [1.807, 2.05) is 0 Å². The molecule has 100 valence electrons. The van der Waals surface area contributed by atoms with Crippen molar-refractivity contribution in [3.8, 4) is 0 Å². The molecule has 0 bridgehead atoms. The number of carboxylic acid groups (broad SMARTS) is 1. The highest BCUT2D eigenvalue weighted by molar-refractivity contribution is 7.99. The van der Waals surface area contributed by atoms with Crippen LogP contribution in [-0.2, 0) is 20.9 Å². The number of H-pyrrole nitrogens is 1. The molecule has 1 aromatic heterocycles. The average Bonchev–Trinajstić information content (AvgIpc) is 2.63. The van der Waals surface area contributed by atoms with Gasteiger partial charge in [-0.05, 0) is 0 Å². The Morgan fingerprint density at radius 2 is 2.28 bits per heavy atom. The first-order chi connectivity index (χ1) is 8.50. The van der Waals surface area contributed by atoms with Gasteiger partial charge in [-0.1, -0.05) is 11.8 Å². The number of carbonyl (C=O) groups excluding carboxylic acids is 1. The molecule has 1 rings (SSSR count). The number of thioether (sulfide) groups is 1. The number of aromatic amines is 1. The van der Waals surface area contributed by atoms with Gasteiger partial charge in [0.1, 0.15) is 6.61 Å². The van der Waals surface area contributed by atoms with Crippen molar-refractivity contribution in [2.24, 2.45) is 5.73 Å². The van der Waals surface area contributed by atoms with Crippen molar-refractivity contribution in [3.05, 3.63) is 10.5 Å². The smallest absolute Gasteiger partial charge is 0.344 e. The van der Waals surface area contributed by atoms with E-state index in [2.05, 4.69) is 10.2 Å². The Morgan fingerprint density at radius 1 is 1.56 bits per heavy atom. The molecule has 0 saturated heterocycles. The van der Waals surface area contributed by atoms with Crippen molar-refractivity contribution in [2.75, 3.05) is 19.0 Å². The van der Waals surface area contributed by atoms with E-state index in [1.54, 1.807) is 0 Å². The number of hydrogen-bond acceptors (Lipinski definition) is 6. The van der Waals surface area contributed by atoms with Crippen LogP contribution in [0.15, 0.2) is 9.95 Å². The minimum atomic E-state index is -1.01. The lowest BCUT2D eigenvalue weighted by molar-refractivity contribution is -0.134. The van der Waals surface area contributed by atoms with Gasteiger partial charge >= 0.3 is 11.7 Å². The SMILES string of the molecule is NC(=O)COCCn1c(SCC(=O)O)n[nH]c1=O. The van der Waals surface area contributed by atoms with Crippen LogP contribution < -0.4 is 11.4 Å². The summed E-state index contributed by atoms with van der Waals surface area (Å²) in [6.07, 6.45) is 0. The molecule has 0 aliphatic carbocycles. The standard InChI is InChI=1S/C8H12N4O5S/c9-5(13)3-17-2-1-12-7(16)10-11-8(12)18-4-6(14)15/h1-4H2,(H2,9,13)(H,10,16)(H,14,15). The number of carbonyl (C=O) groups is 2. The predicted molar refractivity (Wildman–Crippen MR) is 61.2 cm³/mol. The molecular weight excluding hydrogens is 264 g/mol. The van der Waals surface area contributed by atoms with Crippen LogP contribution in [-0.4, -0.2) is 50.7 Å². The number of amides is 1. The Morgan fingerprint density at radius 3 is 2.89 bits per heavy atom. The number of nitrogens with one attached hydrogen (secondary N) is 1. The monoisotopic (exact) mass is 276 g/mol. The molecule has 0 saturated carbocycles. The molecule has 1 amide bonds. The van der Waals surface area contributed by atoms with E-state index < -0.39 is 17.6 Å². The highest BCUT2D eigenvalue weighted by Crippen LogP contribution is 2.12. The Balaban J connectivity index is 2.52. The van der Waals surface area contributed by atoms with E-state index in [1.165, 1.54) is 4.57 Å². The molecule has 10 heteroatoms. The van der Waals surface area contributed by atoms with Crippen LogP contribution in [0.3, 0.4) is 0 Å². The lowest BCUT2D eigenvalue weighted by Crippen LogP contribution is -2.23. The molecule has 0 aliphatic heterocycles. The van der Waals surface area contributed by atoms with Crippen molar-refractivity contribution >= 4 is 23.6 Å². The van der Waals surface area contributed by atoms with E-state index in [-0.39, 0.29) is 30.7 Å². The molecule has 1 heterocycles. The Kier molecular flexibility index (Phi) is 5.39. The van der Waals surface area contributed by atoms with Crippen LogP contribution in [0.5, 0.6) is 0 Å². The predicted octanol–water partition coefficient (Wildman–Crippen LogP) is -1.75. The number of ether oxygens (including phenoxy) is 1. The summed E-state index contributed by atoms with van der Waals surface area (Å²) < 4.78 is 6.13. The van der Waals surface area contributed by atoms with E-state index in [4.69, 9.17) is 15.6 Å². The number of hydrogen-bond donors (Lipinski definition) is 3. The topological polar surface area (TPSA) is 140 Å². The zero-order chi connectivity index (χ0) is 13.5. The van der Waals surface area contributed by atoms with Crippen molar-refractivity contribution < 1.29 is 19.4 Å². The Bertz CT molecular complexity index is 482. The van der Waals surface area contributed by atoms with Crippen LogP contribution in [0, 0.1) is 0 Å². The minimum Gasteiger partial charge on any atom is -0.481 e. The Hall–Kier alpha value is -1.81. The highest BCUT2D eigenvalue weighted by atomic mass is 32.2. The maximum atomic E-state index is 11.3. The molecule has 0 atom stereocenters. The van der Waals surface area contributed by atoms with Gasteiger partial charge in [-0.3, -0.25) is 14.2 Å². The van der Waals surface area contributed by atoms with Crippen LogP contribution >= 0.6 is 11.8 Å². The molecule has 9 nitrogen and oxygen atoms in total. The lowest BCUT2D eigenvalue weighted by Gasteiger charge is -2.04. The number of rotatable bonds is 8. The number of nitrogens with zero attached hydrogens (tertiary/aromatic N) is 2. The highest BCUT2D eigenvalue weighted by Gasteiger charge is 2.10. The van der Waals surface area contributed by atoms with E-state index in [0.717, 1.165) is 11.8 Å². The summed E-state index contributed by atoms with van der Waals surface area (Å²) in [5.74, 6) is -1.81.